The monoisotopic (exact) mass is 384 g/mol. The lowest BCUT2D eigenvalue weighted by Gasteiger charge is -2.27. The average Bonchev–Trinajstić information content (AvgIpc) is 3.41. The molecule has 1 aliphatic heterocycles. The summed E-state index contributed by atoms with van der Waals surface area (Å²) in [6, 6.07) is 5.97. The van der Waals surface area contributed by atoms with Gasteiger partial charge in [0.15, 0.2) is 0 Å². The number of aromatic nitrogens is 4. The lowest BCUT2D eigenvalue weighted by atomic mass is 10.3. The number of amides is 1. The van der Waals surface area contributed by atoms with Gasteiger partial charge in [0.2, 0.25) is 0 Å². The summed E-state index contributed by atoms with van der Waals surface area (Å²) in [5, 5.41) is 4.94. The maximum atomic E-state index is 12.3. The Morgan fingerprint density at radius 2 is 2.07 bits per heavy atom. The molecule has 8 nitrogen and oxygen atoms in total. The number of carbonyl (C=O) groups excluding carboxylic acids is 1. The second-order valence-corrected chi connectivity index (χ2v) is 7.12. The highest BCUT2D eigenvalue weighted by atomic mass is 32.1. The van der Waals surface area contributed by atoms with Crippen LogP contribution in [-0.2, 0) is 11.2 Å². The third-order valence-electron chi connectivity index (χ3n) is 4.29. The molecule has 1 amide bonds. The molecule has 1 fully saturated rings. The molecule has 0 aromatic carbocycles. The van der Waals surface area contributed by atoms with Crippen LogP contribution in [0.1, 0.15) is 15.4 Å². The third-order valence-corrected chi connectivity index (χ3v) is 5.23. The van der Waals surface area contributed by atoms with E-state index in [4.69, 9.17) is 4.74 Å². The number of ether oxygens (including phenoxy) is 1. The van der Waals surface area contributed by atoms with E-state index in [1.807, 2.05) is 17.5 Å². The van der Waals surface area contributed by atoms with Gasteiger partial charge in [-0.25, -0.2) is 15.0 Å². The number of thiophene rings is 1. The first-order chi connectivity index (χ1) is 13.3. The van der Waals surface area contributed by atoms with Crippen LogP contribution >= 0.6 is 11.3 Å². The van der Waals surface area contributed by atoms with E-state index in [0.717, 1.165) is 25.3 Å². The molecule has 4 rings (SSSR count). The Kier molecular flexibility index (Phi) is 5.40. The zero-order valence-corrected chi connectivity index (χ0v) is 15.6. The number of nitrogens with one attached hydrogen (secondary N) is 1. The fourth-order valence-corrected chi connectivity index (χ4v) is 3.56. The zero-order valence-electron chi connectivity index (χ0n) is 14.7. The lowest BCUT2D eigenvalue weighted by Crippen LogP contribution is -2.36. The minimum atomic E-state index is -0.187. The number of nitrogens with zero attached hydrogens (tertiary/aromatic N) is 5. The van der Waals surface area contributed by atoms with Gasteiger partial charge in [0.25, 0.3) is 5.91 Å². The van der Waals surface area contributed by atoms with Crippen LogP contribution in [0, 0.1) is 0 Å². The van der Waals surface area contributed by atoms with E-state index < -0.39 is 0 Å². The molecule has 3 aromatic rings. The minimum Gasteiger partial charge on any atom is -0.378 e. The van der Waals surface area contributed by atoms with Crippen LogP contribution in [-0.4, -0.2) is 58.3 Å². The highest BCUT2D eigenvalue weighted by Crippen LogP contribution is 2.15. The lowest BCUT2D eigenvalue weighted by molar-refractivity contribution is 0.0949. The molecule has 140 valence electrons. The first-order valence-corrected chi connectivity index (χ1v) is 9.67. The number of carbonyl (C=O) groups is 1. The molecule has 1 aliphatic rings. The Bertz CT molecular complexity index is 889. The molecule has 0 aliphatic carbocycles. The van der Waals surface area contributed by atoms with Crippen molar-refractivity contribution in [2.75, 3.05) is 37.7 Å². The largest absolute Gasteiger partial charge is 0.378 e. The molecule has 0 bridgehead atoms. The first kappa shape index (κ1) is 17.6. The molecule has 27 heavy (non-hydrogen) atoms. The van der Waals surface area contributed by atoms with Crippen LogP contribution in [0.5, 0.6) is 0 Å². The second kappa shape index (κ2) is 8.28. The Labute approximate surface area is 160 Å². The van der Waals surface area contributed by atoms with E-state index in [2.05, 4.69) is 31.2 Å². The fourth-order valence-electron chi connectivity index (χ4n) is 2.85. The van der Waals surface area contributed by atoms with Crippen LogP contribution in [0.4, 0.5) is 5.82 Å². The Morgan fingerprint density at radius 1 is 1.22 bits per heavy atom. The SMILES string of the molecule is O=C(NCCc1cccs1)c1cn(-c2cc(N3CCOCC3)ncn2)cn1. The maximum absolute atomic E-state index is 12.3. The highest BCUT2D eigenvalue weighted by Gasteiger charge is 2.15. The van der Waals surface area contributed by atoms with E-state index in [1.165, 1.54) is 11.2 Å². The van der Waals surface area contributed by atoms with Gasteiger partial charge >= 0.3 is 0 Å². The summed E-state index contributed by atoms with van der Waals surface area (Å²) < 4.78 is 7.11. The van der Waals surface area contributed by atoms with Crippen molar-refractivity contribution in [1.29, 1.82) is 0 Å². The number of morpholine rings is 1. The van der Waals surface area contributed by atoms with Gasteiger partial charge in [0.1, 0.15) is 30.0 Å². The topological polar surface area (TPSA) is 85.2 Å². The molecular formula is C18H20N6O2S. The van der Waals surface area contributed by atoms with Crippen molar-refractivity contribution in [3.05, 3.63) is 53.0 Å². The van der Waals surface area contributed by atoms with E-state index in [0.29, 0.717) is 31.3 Å². The molecule has 4 heterocycles. The van der Waals surface area contributed by atoms with Crippen LogP contribution in [0.2, 0.25) is 0 Å². The molecule has 0 saturated carbocycles. The second-order valence-electron chi connectivity index (χ2n) is 6.09. The summed E-state index contributed by atoms with van der Waals surface area (Å²) in [5.74, 6) is 1.34. The van der Waals surface area contributed by atoms with Crippen molar-refractivity contribution >= 4 is 23.1 Å². The summed E-state index contributed by atoms with van der Waals surface area (Å²) >= 11 is 1.69. The summed E-state index contributed by atoms with van der Waals surface area (Å²) in [6.07, 6.45) is 5.63. The van der Waals surface area contributed by atoms with Gasteiger partial charge < -0.3 is 15.0 Å². The number of rotatable bonds is 6. The van der Waals surface area contributed by atoms with Gasteiger partial charge in [-0.3, -0.25) is 9.36 Å². The van der Waals surface area contributed by atoms with Gasteiger partial charge in [-0.05, 0) is 17.9 Å². The van der Waals surface area contributed by atoms with Crippen LogP contribution in [0.25, 0.3) is 5.82 Å². The van der Waals surface area contributed by atoms with E-state index >= 15 is 0 Å². The van der Waals surface area contributed by atoms with Gasteiger partial charge in [-0.1, -0.05) is 6.07 Å². The van der Waals surface area contributed by atoms with E-state index in [9.17, 15) is 4.79 Å². The maximum Gasteiger partial charge on any atom is 0.271 e. The summed E-state index contributed by atoms with van der Waals surface area (Å²) in [4.78, 5) is 28.5. The smallest absolute Gasteiger partial charge is 0.271 e. The highest BCUT2D eigenvalue weighted by molar-refractivity contribution is 7.09. The summed E-state index contributed by atoms with van der Waals surface area (Å²) in [7, 11) is 0. The number of imidazole rings is 1. The van der Waals surface area contributed by atoms with Crippen molar-refractivity contribution in [2.45, 2.75) is 6.42 Å². The van der Waals surface area contributed by atoms with Crippen molar-refractivity contribution in [1.82, 2.24) is 24.8 Å². The predicted molar refractivity (Wildman–Crippen MR) is 103 cm³/mol. The summed E-state index contributed by atoms with van der Waals surface area (Å²) in [5.41, 5.74) is 0.368. The molecule has 1 N–H and O–H groups in total. The Hall–Kier alpha value is -2.78. The zero-order chi connectivity index (χ0) is 18.5. The van der Waals surface area contributed by atoms with Gasteiger partial charge in [0.05, 0.1) is 13.2 Å². The average molecular weight is 384 g/mol. The molecular weight excluding hydrogens is 364 g/mol. The van der Waals surface area contributed by atoms with Crippen molar-refractivity contribution in [3.63, 3.8) is 0 Å². The normalized spacial score (nSPS) is 14.3. The van der Waals surface area contributed by atoms with E-state index in [-0.39, 0.29) is 5.91 Å². The van der Waals surface area contributed by atoms with Crippen LogP contribution in [0.3, 0.4) is 0 Å². The molecule has 0 unspecified atom stereocenters. The molecule has 3 aromatic heterocycles. The third kappa shape index (κ3) is 4.32. The molecule has 0 spiro atoms. The number of hydrogen-bond donors (Lipinski definition) is 1. The van der Waals surface area contributed by atoms with Gasteiger partial charge in [-0.15, -0.1) is 11.3 Å². The van der Waals surface area contributed by atoms with Crippen LogP contribution < -0.4 is 10.2 Å². The van der Waals surface area contributed by atoms with Gasteiger partial charge in [-0.2, -0.15) is 0 Å². The standard InChI is InChI=1S/C18H20N6O2S/c25-18(19-4-3-14-2-1-9-27-14)15-11-24(13-22-15)17-10-16(20-12-21-17)23-5-7-26-8-6-23/h1-2,9-13H,3-8H2,(H,19,25). The molecule has 0 atom stereocenters. The molecule has 0 radical (unpaired) electrons. The van der Waals surface area contributed by atoms with Crippen molar-refractivity contribution < 1.29 is 9.53 Å². The van der Waals surface area contributed by atoms with Crippen LogP contribution in [0.15, 0.2) is 42.4 Å². The quantitative estimate of drug-likeness (QED) is 0.694. The van der Waals surface area contributed by atoms with Gasteiger partial charge in [0, 0.05) is 36.8 Å². The first-order valence-electron chi connectivity index (χ1n) is 8.79. The van der Waals surface area contributed by atoms with Crippen molar-refractivity contribution in [3.8, 4) is 5.82 Å². The summed E-state index contributed by atoms with van der Waals surface area (Å²) in [6.45, 7) is 3.58. The Balaban J connectivity index is 1.40. The molecule has 9 heteroatoms. The Morgan fingerprint density at radius 3 is 2.89 bits per heavy atom. The number of anilines is 1. The number of hydrogen-bond acceptors (Lipinski definition) is 7. The predicted octanol–water partition coefficient (Wildman–Crippen LogP) is 1.53. The fraction of sp³-hybridized carbons (Fsp3) is 0.333. The molecule has 1 saturated heterocycles. The van der Waals surface area contributed by atoms with E-state index in [1.54, 1.807) is 28.4 Å². The van der Waals surface area contributed by atoms with Crippen molar-refractivity contribution in [2.24, 2.45) is 0 Å². The minimum absolute atomic E-state index is 0.187.